The number of hydrogen-bond donors (Lipinski definition) is 1. The van der Waals surface area contributed by atoms with Gasteiger partial charge in [0, 0.05) is 30.3 Å². The fraction of sp³-hybridized carbons (Fsp3) is 0.357. The lowest BCUT2D eigenvalue weighted by atomic mass is 9.88. The highest BCUT2D eigenvalue weighted by Gasteiger charge is 2.26. The summed E-state index contributed by atoms with van der Waals surface area (Å²) >= 11 is 0. The zero-order valence-electron chi connectivity index (χ0n) is 10.9. The van der Waals surface area contributed by atoms with Gasteiger partial charge in [-0.2, -0.15) is 5.10 Å². The van der Waals surface area contributed by atoms with Crippen molar-refractivity contribution < 1.29 is 4.39 Å². The molecule has 1 atom stereocenters. The van der Waals surface area contributed by atoms with Crippen LogP contribution >= 0.6 is 0 Å². The summed E-state index contributed by atoms with van der Waals surface area (Å²) in [6, 6.07) is 8.63. The second kappa shape index (κ2) is 4.53. The van der Waals surface area contributed by atoms with Crippen LogP contribution in [0.3, 0.4) is 0 Å². The molecule has 0 spiro atoms. The summed E-state index contributed by atoms with van der Waals surface area (Å²) in [5, 5.41) is 4.28. The lowest BCUT2D eigenvalue weighted by Crippen LogP contribution is -2.37. The second-order valence-corrected chi connectivity index (χ2v) is 4.97. The van der Waals surface area contributed by atoms with E-state index in [1.54, 1.807) is 22.9 Å². The van der Waals surface area contributed by atoms with Gasteiger partial charge in [0.2, 0.25) is 0 Å². The van der Waals surface area contributed by atoms with E-state index in [9.17, 15) is 4.39 Å². The summed E-state index contributed by atoms with van der Waals surface area (Å²) in [6.07, 6.45) is 0.547. The molecular weight excluding hydrogens is 229 g/mol. The molecule has 0 amide bonds. The Morgan fingerprint density at radius 3 is 2.61 bits per heavy atom. The number of aromatic nitrogens is 2. The molecule has 0 aliphatic carbocycles. The van der Waals surface area contributed by atoms with Gasteiger partial charge in [-0.1, -0.05) is 18.2 Å². The number of benzene rings is 1. The molecule has 0 aliphatic heterocycles. The molecular formula is C14H18FN3. The van der Waals surface area contributed by atoms with E-state index in [1.807, 2.05) is 27.0 Å². The van der Waals surface area contributed by atoms with E-state index in [-0.39, 0.29) is 5.82 Å². The van der Waals surface area contributed by atoms with Crippen molar-refractivity contribution in [2.45, 2.75) is 25.8 Å². The molecule has 2 N–H and O–H groups in total. The Morgan fingerprint density at radius 1 is 1.39 bits per heavy atom. The minimum atomic E-state index is -0.744. The van der Waals surface area contributed by atoms with Crippen LogP contribution in [0.4, 0.5) is 4.39 Å². The fourth-order valence-electron chi connectivity index (χ4n) is 2.23. The molecule has 0 aliphatic rings. The minimum Gasteiger partial charge on any atom is -0.321 e. The predicted molar refractivity (Wildman–Crippen MR) is 69.6 cm³/mol. The molecule has 2 aromatic rings. The van der Waals surface area contributed by atoms with Gasteiger partial charge in [0.25, 0.3) is 0 Å². The van der Waals surface area contributed by atoms with Crippen LogP contribution in [0.1, 0.15) is 23.9 Å². The van der Waals surface area contributed by atoms with Crippen molar-refractivity contribution in [3.05, 3.63) is 53.1 Å². The van der Waals surface area contributed by atoms with Crippen molar-refractivity contribution in [3.63, 3.8) is 0 Å². The Morgan fingerprint density at radius 2 is 2.06 bits per heavy atom. The van der Waals surface area contributed by atoms with Gasteiger partial charge in [0.15, 0.2) is 0 Å². The number of nitrogens with zero attached hydrogens (tertiary/aromatic N) is 2. The molecule has 0 fully saturated rings. The highest BCUT2D eigenvalue weighted by atomic mass is 19.1. The largest absolute Gasteiger partial charge is 0.321 e. The summed E-state index contributed by atoms with van der Waals surface area (Å²) in [5.41, 5.74) is 8.00. The lowest BCUT2D eigenvalue weighted by molar-refractivity contribution is 0.444. The first-order valence-corrected chi connectivity index (χ1v) is 5.93. The van der Waals surface area contributed by atoms with Crippen LogP contribution in [-0.2, 0) is 19.0 Å². The summed E-state index contributed by atoms with van der Waals surface area (Å²) in [6.45, 7) is 3.77. The van der Waals surface area contributed by atoms with Gasteiger partial charge in [-0.15, -0.1) is 0 Å². The predicted octanol–water partition coefficient (Wildman–Crippen LogP) is 2.28. The van der Waals surface area contributed by atoms with Crippen LogP contribution in [-0.4, -0.2) is 9.78 Å². The summed E-state index contributed by atoms with van der Waals surface area (Å²) in [7, 11) is 1.87. The molecule has 0 radical (unpaired) electrons. The van der Waals surface area contributed by atoms with Gasteiger partial charge in [0.1, 0.15) is 5.82 Å². The molecule has 1 aromatic carbocycles. The SMILES string of the molecule is Cc1cc(CC(C)(N)c2ccccc2F)n(C)n1. The normalized spacial score (nSPS) is 14.5. The lowest BCUT2D eigenvalue weighted by Gasteiger charge is -2.25. The number of hydrogen-bond acceptors (Lipinski definition) is 2. The van der Waals surface area contributed by atoms with Crippen LogP contribution in [0, 0.1) is 12.7 Å². The van der Waals surface area contributed by atoms with E-state index in [0.717, 1.165) is 11.4 Å². The quantitative estimate of drug-likeness (QED) is 0.904. The third-order valence-corrected chi connectivity index (χ3v) is 3.14. The first kappa shape index (κ1) is 12.8. The molecule has 1 aromatic heterocycles. The number of nitrogens with two attached hydrogens (primary N) is 1. The van der Waals surface area contributed by atoms with Crippen LogP contribution in [0.15, 0.2) is 30.3 Å². The van der Waals surface area contributed by atoms with E-state index in [2.05, 4.69) is 5.10 Å². The van der Waals surface area contributed by atoms with Crippen molar-refractivity contribution in [1.29, 1.82) is 0 Å². The molecule has 1 unspecified atom stereocenters. The van der Waals surface area contributed by atoms with Crippen molar-refractivity contribution in [3.8, 4) is 0 Å². The summed E-state index contributed by atoms with van der Waals surface area (Å²) in [4.78, 5) is 0. The topological polar surface area (TPSA) is 43.8 Å². The molecule has 0 saturated carbocycles. The maximum absolute atomic E-state index is 13.8. The molecule has 0 bridgehead atoms. The van der Waals surface area contributed by atoms with Crippen LogP contribution in [0.2, 0.25) is 0 Å². The average Bonchev–Trinajstić information content (AvgIpc) is 2.57. The zero-order valence-corrected chi connectivity index (χ0v) is 10.9. The van der Waals surface area contributed by atoms with Crippen molar-refractivity contribution >= 4 is 0 Å². The van der Waals surface area contributed by atoms with E-state index in [4.69, 9.17) is 5.73 Å². The first-order valence-electron chi connectivity index (χ1n) is 5.93. The second-order valence-electron chi connectivity index (χ2n) is 4.97. The maximum atomic E-state index is 13.8. The molecule has 1 heterocycles. The monoisotopic (exact) mass is 247 g/mol. The van der Waals surface area contributed by atoms with E-state index in [0.29, 0.717) is 12.0 Å². The average molecular weight is 247 g/mol. The third kappa shape index (κ3) is 2.43. The Hall–Kier alpha value is -1.68. The Bertz CT molecular complexity index is 558. The smallest absolute Gasteiger partial charge is 0.128 e. The number of halogens is 1. The van der Waals surface area contributed by atoms with Gasteiger partial charge < -0.3 is 5.73 Å². The van der Waals surface area contributed by atoms with Crippen molar-refractivity contribution in [2.75, 3.05) is 0 Å². The summed E-state index contributed by atoms with van der Waals surface area (Å²) < 4.78 is 15.6. The standard InChI is InChI=1S/C14H18FN3/c1-10-8-11(18(3)17-10)9-14(2,16)12-6-4-5-7-13(12)15/h4-8H,9,16H2,1-3H3. The van der Waals surface area contributed by atoms with Gasteiger partial charge in [-0.05, 0) is 26.0 Å². The maximum Gasteiger partial charge on any atom is 0.128 e. The Balaban J connectivity index is 2.32. The Labute approximate surface area is 106 Å². The molecule has 0 saturated heterocycles. The van der Waals surface area contributed by atoms with Crippen LogP contribution in [0.5, 0.6) is 0 Å². The number of rotatable bonds is 3. The fourth-order valence-corrected chi connectivity index (χ4v) is 2.23. The van der Waals surface area contributed by atoms with Crippen molar-refractivity contribution in [2.24, 2.45) is 12.8 Å². The van der Waals surface area contributed by atoms with Crippen molar-refractivity contribution in [1.82, 2.24) is 9.78 Å². The molecule has 4 heteroatoms. The molecule has 2 rings (SSSR count). The number of aryl methyl sites for hydroxylation is 2. The highest BCUT2D eigenvalue weighted by molar-refractivity contribution is 5.27. The van der Waals surface area contributed by atoms with E-state index in [1.165, 1.54) is 6.07 Å². The Kier molecular flexibility index (Phi) is 3.22. The van der Waals surface area contributed by atoms with Crippen LogP contribution in [0.25, 0.3) is 0 Å². The van der Waals surface area contributed by atoms with E-state index >= 15 is 0 Å². The minimum absolute atomic E-state index is 0.263. The third-order valence-electron chi connectivity index (χ3n) is 3.14. The molecule has 96 valence electrons. The zero-order chi connectivity index (χ0) is 13.3. The van der Waals surface area contributed by atoms with Gasteiger partial charge in [0.05, 0.1) is 5.69 Å². The van der Waals surface area contributed by atoms with E-state index < -0.39 is 5.54 Å². The van der Waals surface area contributed by atoms with Crippen LogP contribution < -0.4 is 5.73 Å². The van der Waals surface area contributed by atoms with Gasteiger partial charge >= 0.3 is 0 Å². The molecule has 3 nitrogen and oxygen atoms in total. The highest BCUT2D eigenvalue weighted by Crippen LogP contribution is 2.25. The summed E-state index contributed by atoms with van der Waals surface area (Å²) in [5.74, 6) is -0.263. The molecule has 18 heavy (non-hydrogen) atoms. The van der Waals surface area contributed by atoms with Gasteiger partial charge in [-0.25, -0.2) is 4.39 Å². The first-order chi connectivity index (χ1) is 8.40. The van der Waals surface area contributed by atoms with Gasteiger partial charge in [-0.3, -0.25) is 4.68 Å².